The number of nitrogens with two attached hydrogens (primary N) is 1. The van der Waals surface area contributed by atoms with Crippen molar-refractivity contribution in [1.82, 2.24) is 0 Å². The van der Waals surface area contributed by atoms with Crippen LogP contribution in [0.4, 0.5) is 0 Å². The molecule has 0 amide bonds. The number of halogens is 1. The van der Waals surface area contributed by atoms with Crippen molar-refractivity contribution >= 4 is 12.4 Å². The Kier molecular flexibility index (Phi) is 5.02. The lowest BCUT2D eigenvalue weighted by atomic mass is 10.2. The first kappa shape index (κ1) is 11.5. The molecule has 1 rings (SSSR count). The maximum Gasteiger partial charge on any atom is 0.120 e. The van der Waals surface area contributed by atoms with Crippen LogP contribution in [-0.4, -0.2) is 0 Å². The lowest BCUT2D eigenvalue weighted by Gasteiger charge is -2.02. The van der Waals surface area contributed by atoms with Crippen LogP contribution in [0.15, 0.2) is 16.5 Å². The Bertz CT molecular complexity index is 222. The van der Waals surface area contributed by atoms with E-state index in [2.05, 4.69) is 13.8 Å². The van der Waals surface area contributed by atoms with Gasteiger partial charge in [-0.15, -0.1) is 12.4 Å². The molecule has 2 N–H and O–H groups in total. The fourth-order valence-electron chi connectivity index (χ4n) is 0.985. The molecule has 0 aliphatic rings. The van der Waals surface area contributed by atoms with E-state index in [4.69, 9.17) is 10.2 Å². The molecule has 1 aromatic heterocycles. The first-order valence-corrected chi connectivity index (χ1v) is 4.12. The predicted octanol–water partition coefficient (Wildman–Crippen LogP) is 2.67. The van der Waals surface area contributed by atoms with E-state index >= 15 is 0 Å². The Balaban J connectivity index is 0.00000121. The van der Waals surface area contributed by atoms with Gasteiger partial charge in [-0.1, -0.05) is 13.8 Å². The largest absolute Gasteiger partial charge is 0.464 e. The van der Waals surface area contributed by atoms with Gasteiger partial charge in [-0.2, -0.15) is 0 Å². The average Bonchev–Trinajstić information content (AvgIpc) is 2.50. The van der Waals surface area contributed by atoms with Gasteiger partial charge in [0.15, 0.2) is 0 Å². The van der Waals surface area contributed by atoms with Gasteiger partial charge in [0.1, 0.15) is 11.5 Å². The second-order valence-corrected chi connectivity index (χ2v) is 2.67. The number of hydrogen-bond acceptors (Lipinski definition) is 2. The molecule has 0 fully saturated rings. The molecule has 0 aromatic carbocycles. The molecule has 12 heavy (non-hydrogen) atoms. The molecule has 0 saturated carbocycles. The van der Waals surface area contributed by atoms with Crippen LogP contribution < -0.4 is 5.73 Å². The van der Waals surface area contributed by atoms with E-state index in [1.54, 1.807) is 0 Å². The summed E-state index contributed by atoms with van der Waals surface area (Å²) in [4.78, 5) is 0. The molecular formula is C9H16ClNO. The molecule has 2 nitrogen and oxygen atoms in total. The van der Waals surface area contributed by atoms with E-state index in [0.29, 0.717) is 0 Å². The first-order chi connectivity index (χ1) is 5.27. The van der Waals surface area contributed by atoms with Crippen molar-refractivity contribution in [2.75, 3.05) is 0 Å². The Labute approximate surface area is 79.5 Å². The topological polar surface area (TPSA) is 39.2 Å². The zero-order valence-electron chi connectivity index (χ0n) is 7.54. The molecular weight excluding hydrogens is 174 g/mol. The van der Waals surface area contributed by atoms with Crippen LogP contribution in [0.3, 0.4) is 0 Å². The number of hydrogen-bond donors (Lipinski definition) is 1. The van der Waals surface area contributed by atoms with Crippen LogP contribution in [0.25, 0.3) is 0 Å². The predicted molar refractivity (Wildman–Crippen MR) is 52.6 cm³/mol. The minimum absolute atomic E-state index is 0. The van der Waals surface area contributed by atoms with Crippen LogP contribution in [0.5, 0.6) is 0 Å². The summed E-state index contributed by atoms with van der Waals surface area (Å²) in [6, 6.07) is 4.02. The number of rotatable bonds is 3. The van der Waals surface area contributed by atoms with Crippen molar-refractivity contribution in [2.45, 2.75) is 32.7 Å². The van der Waals surface area contributed by atoms with Crippen molar-refractivity contribution in [1.29, 1.82) is 0 Å². The van der Waals surface area contributed by atoms with E-state index < -0.39 is 0 Å². The van der Waals surface area contributed by atoms with Gasteiger partial charge in [-0.3, -0.25) is 0 Å². The minimum Gasteiger partial charge on any atom is -0.464 e. The molecule has 0 unspecified atom stereocenters. The SMILES string of the molecule is CCc1ccc([C@H](N)CC)o1.Cl. The Hall–Kier alpha value is -0.470. The van der Waals surface area contributed by atoms with Crippen molar-refractivity contribution in [3.63, 3.8) is 0 Å². The van der Waals surface area contributed by atoms with Crippen molar-refractivity contribution < 1.29 is 4.42 Å². The second-order valence-electron chi connectivity index (χ2n) is 2.67. The molecule has 0 spiro atoms. The van der Waals surface area contributed by atoms with Gasteiger partial charge in [0.2, 0.25) is 0 Å². The van der Waals surface area contributed by atoms with E-state index in [-0.39, 0.29) is 18.4 Å². The van der Waals surface area contributed by atoms with Crippen molar-refractivity contribution in [2.24, 2.45) is 5.73 Å². The average molecular weight is 190 g/mol. The molecule has 1 aromatic rings. The quantitative estimate of drug-likeness (QED) is 0.794. The highest BCUT2D eigenvalue weighted by atomic mass is 35.5. The van der Waals surface area contributed by atoms with E-state index in [0.717, 1.165) is 24.4 Å². The van der Waals surface area contributed by atoms with Crippen LogP contribution in [-0.2, 0) is 6.42 Å². The second kappa shape index (κ2) is 5.22. The Morgan fingerprint density at radius 1 is 1.42 bits per heavy atom. The van der Waals surface area contributed by atoms with Gasteiger partial charge in [0.05, 0.1) is 6.04 Å². The molecule has 1 atom stereocenters. The molecule has 0 saturated heterocycles. The Morgan fingerprint density at radius 2 is 2.08 bits per heavy atom. The summed E-state index contributed by atoms with van der Waals surface area (Å²) < 4.78 is 5.46. The minimum atomic E-state index is 0. The lowest BCUT2D eigenvalue weighted by molar-refractivity contribution is 0.431. The van der Waals surface area contributed by atoms with E-state index in [1.165, 1.54) is 0 Å². The van der Waals surface area contributed by atoms with Crippen LogP contribution in [0.1, 0.15) is 37.8 Å². The molecule has 0 bridgehead atoms. The lowest BCUT2D eigenvalue weighted by Crippen LogP contribution is -2.06. The molecule has 3 heteroatoms. The fourth-order valence-corrected chi connectivity index (χ4v) is 0.985. The van der Waals surface area contributed by atoms with E-state index in [9.17, 15) is 0 Å². The van der Waals surface area contributed by atoms with Gasteiger partial charge < -0.3 is 10.2 Å². The van der Waals surface area contributed by atoms with Crippen molar-refractivity contribution in [3.05, 3.63) is 23.7 Å². The zero-order valence-corrected chi connectivity index (χ0v) is 8.36. The first-order valence-electron chi connectivity index (χ1n) is 4.12. The van der Waals surface area contributed by atoms with E-state index in [1.807, 2.05) is 12.1 Å². The third kappa shape index (κ3) is 2.54. The summed E-state index contributed by atoms with van der Waals surface area (Å²) in [5.74, 6) is 1.92. The monoisotopic (exact) mass is 189 g/mol. The summed E-state index contributed by atoms with van der Waals surface area (Å²) in [6.07, 6.45) is 1.87. The Morgan fingerprint density at radius 3 is 2.50 bits per heavy atom. The van der Waals surface area contributed by atoms with Crippen molar-refractivity contribution in [3.8, 4) is 0 Å². The zero-order chi connectivity index (χ0) is 8.27. The third-order valence-electron chi connectivity index (χ3n) is 1.84. The van der Waals surface area contributed by atoms with Crippen LogP contribution >= 0.6 is 12.4 Å². The molecule has 0 aliphatic heterocycles. The van der Waals surface area contributed by atoms with Gasteiger partial charge in [-0.25, -0.2) is 0 Å². The summed E-state index contributed by atoms with van der Waals surface area (Å²) in [7, 11) is 0. The summed E-state index contributed by atoms with van der Waals surface area (Å²) in [5.41, 5.74) is 5.77. The van der Waals surface area contributed by atoms with Crippen LogP contribution in [0.2, 0.25) is 0 Å². The van der Waals surface area contributed by atoms with Gasteiger partial charge >= 0.3 is 0 Å². The summed E-state index contributed by atoms with van der Waals surface area (Å²) in [6.45, 7) is 4.12. The summed E-state index contributed by atoms with van der Waals surface area (Å²) in [5, 5.41) is 0. The standard InChI is InChI=1S/C9H15NO.ClH/c1-3-7-5-6-9(11-7)8(10)4-2;/h5-6,8H,3-4,10H2,1-2H3;1H/t8-;/m1./s1. The van der Waals surface area contributed by atoms with Gasteiger partial charge in [0.25, 0.3) is 0 Å². The molecule has 1 heterocycles. The highest BCUT2D eigenvalue weighted by Crippen LogP contribution is 2.16. The normalized spacial score (nSPS) is 12.2. The third-order valence-corrected chi connectivity index (χ3v) is 1.84. The van der Waals surface area contributed by atoms with Crippen LogP contribution in [0, 0.1) is 0 Å². The summed E-state index contributed by atoms with van der Waals surface area (Å²) >= 11 is 0. The van der Waals surface area contributed by atoms with Gasteiger partial charge in [-0.05, 0) is 18.6 Å². The molecule has 0 radical (unpaired) electrons. The maximum absolute atomic E-state index is 5.77. The highest BCUT2D eigenvalue weighted by molar-refractivity contribution is 5.85. The van der Waals surface area contributed by atoms with Gasteiger partial charge in [0, 0.05) is 6.42 Å². The smallest absolute Gasteiger partial charge is 0.120 e. The molecule has 0 aliphatic carbocycles. The number of furan rings is 1. The number of aryl methyl sites for hydroxylation is 1. The molecule has 70 valence electrons. The fraction of sp³-hybridized carbons (Fsp3) is 0.556. The highest BCUT2D eigenvalue weighted by Gasteiger charge is 2.06. The maximum atomic E-state index is 5.77.